The fraction of sp³-hybridized carbons (Fsp3) is 0.257. The summed E-state index contributed by atoms with van der Waals surface area (Å²) in [6.45, 7) is 3.34. The minimum absolute atomic E-state index is 0.0208. The van der Waals surface area contributed by atoms with Crippen molar-refractivity contribution in [3.8, 4) is 5.75 Å². The maximum atomic E-state index is 14.5. The summed E-state index contributed by atoms with van der Waals surface area (Å²) in [5.74, 6) is -0.294. The summed E-state index contributed by atoms with van der Waals surface area (Å²) in [6, 6.07) is 29.8. The first-order valence-electron chi connectivity index (χ1n) is 14.7. The lowest BCUT2D eigenvalue weighted by atomic mass is 10.0. The number of rotatable bonds is 14. The van der Waals surface area contributed by atoms with Crippen LogP contribution in [0.2, 0.25) is 5.02 Å². The summed E-state index contributed by atoms with van der Waals surface area (Å²) in [7, 11) is -2.65. The van der Waals surface area contributed by atoms with Crippen LogP contribution in [0.5, 0.6) is 5.75 Å². The molecule has 0 aliphatic carbocycles. The normalized spacial score (nSPS) is 12.5. The molecule has 0 aromatic heterocycles. The average molecular weight is 648 g/mol. The Labute approximate surface area is 270 Å². The second kappa shape index (κ2) is 15.6. The van der Waals surface area contributed by atoms with E-state index in [4.69, 9.17) is 16.3 Å². The molecule has 4 aromatic carbocycles. The van der Waals surface area contributed by atoms with Gasteiger partial charge < -0.3 is 15.0 Å². The van der Waals surface area contributed by atoms with Gasteiger partial charge in [-0.05, 0) is 66.9 Å². The molecule has 0 saturated carbocycles. The summed E-state index contributed by atoms with van der Waals surface area (Å²) in [5, 5.41) is 3.35. The summed E-state index contributed by atoms with van der Waals surface area (Å²) >= 11 is 6.28. The zero-order valence-electron chi connectivity index (χ0n) is 25.6. The first kappa shape index (κ1) is 33.6. The number of nitrogens with one attached hydrogen (secondary N) is 1. The molecule has 0 fully saturated rings. The predicted octanol–water partition coefficient (Wildman–Crippen LogP) is 6.10. The highest BCUT2D eigenvalue weighted by Gasteiger charge is 2.35. The Morgan fingerprint density at radius 3 is 2.16 bits per heavy atom. The van der Waals surface area contributed by atoms with Crippen LogP contribution in [0.1, 0.15) is 31.4 Å². The van der Waals surface area contributed by atoms with Gasteiger partial charge in [-0.1, -0.05) is 85.3 Å². The second-order valence-corrected chi connectivity index (χ2v) is 13.0. The topological polar surface area (TPSA) is 96.0 Å². The molecule has 2 amide bonds. The van der Waals surface area contributed by atoms with Crippen LogP contribution >= 0.6 is 11.6 Å². The number of anilines is 1. The fourth-order valence-electron chi connectivity index (χ4n) is 4.84. The van der Waals surface area contributed by atoms with Gasteiger partial charge >= 0.3 is 0 Å². The molecule has 4 rings (SSSR count). The van der Waals surface area contributed by atoms with Gasteiger partial charge in [0, 0.05) is 24.0 Å². The van der Waals surface area contributed by atoms with Gasteiger partial charge in [-0.3, -0.25) is 13.9 Å². The van der Waals surface area contributed by atoms with E-state index in [0.717, 1.165) is 15.4 Å². The quantitative estimate of drug-likeness (QED) is 0.179. The van der Waals surface area contributed by atoms with Gasteiger partial charge in [0.15, 0.2) is 0 Å². The Balaban J connectivity index is 1.81. The van der Waals surface area contributed by atoms with Crippen molar-refractivity contribution in [1.82, 2.24) is 10.2 Å². The van der Waals surface area contributed by atoms with E-state index < -0.39 is 28.5 Å². The molecule has 4 aromatic rings. The van der Waals surface area contributed by atoms with Gasteiger partial charge in [-0.15, -0.1) is 0 Å². The number of carbonyl (C=O) groups excluding carboxylic acids is 2. The third kappa shape index (κ3) is 8.86. The molecule has 236 valence electrons. The number of ether oxygens (including phenoxy) is 1. The van der Waals surface area contributed by atoms with E-state index in [-0.39, 0.29) is 35.5 Å². The first-order chi connectivity index (χ1) is 21.6. The number of halogens is 1. The van der Waals surface area contributed by atoms with Crippen molar-refractivity contribution in [2.24, 2.45) is 0 Å². The monoisotopic (exact) mass is 647 g/mol. The average Bonchev–Trinajstić information content (AvgIpc) is 3.05. The molecule has 10 heteroatoms. The number of methoxy groups -OCH3 is 1. The molecule has 0 bridgehead atoms. The van der Waals surface area contributed by atoms with Crippen LogP contribution in [-0.4, -0.2) is 50.9 Å². The summed E-state index contributed by atoms with van der Waals surface area (Å²) in [6.07, 6.45) is 0.924. The number of nitrogens with zero attached hydrogens (tertiary/aromatic N) is 2. The second-order valence-electron chi connectivity index (χ2n) is 10.7. The Hall–Kier alpha value is -4.34. The van der Waals surface area contributed by atoms with E-state index in [1.165, 1.54) is 23.1 Å². The highest BCUT2D eigenvalue weighted by Crippen LogP contribution is 2.27. The third-order valence-corrected chi connectivity index (χ3v) is 9.49. The van der Waals surface area contributed by atoms with Crippen LogP contribution in [0.25, 0.3) is 0 Å². The molecule has 0 heterocycles. The third-order valence-electron chi connectivity index (χ3n) is 7.47. The van der Waals surface area contributed by atoms with E-state index in [1.807, 2.05) is 50.2 Å². The first-order valence-corrected chi connectivity index (χ1v) is 16.5. The van der Waals surface area contributed by atoms with Crippen molar-refractivity contribution in [2.75, 3.05) is 18.0 Å². The molecule has 0 radical (unpaired) electrons. The van der Waals surface area contributed by atoms with Crippen LogP contribution in [0.3, 0.4) is 0 Å². The molecule has 0 unspecified atom stereocenters. The van der Waals surface area contributed by atoms with Crippen molar-refractivity contribution < 1.29 is 22.7 Å². The standard InChI is InChI=1S/C35H38ClN3O5S/c1-4-26(2)37-35(41)33(22-27-13-7-5-8-14-27)38(24-28-15-11-18-31(21-28)44-3)34(40)25-39(30-17-12-16-29(36)23-30)45(42,43)32-19-9-6-10-20-32/h5-21,23,26,33H,4,22,24-25H2,1-3H3,(H,37,41)/t26-,33-/m1/s1. The number of hydrogen-bond acceptors (Lipinski definition) is 5. The van der Waals surface area contributed by atoms with Gasteiger partial charge in [0.2, 0.25) is 11.8 Å². The highest BCUT2D eigenvalue weighted by molar-refractivity contribution is 7.92. The molecule has 0 aliphatic heterocycles. The maximum Gasteiger partial charge on any atom is 0.264 e. The van der Waals surface area contributed by atoms with Gasteiger partial charge in [0.05, 0.1) is 17.7 Å². The van der Waals surface area contributed by atoms with E-state index >= 15 is 0 Å². The van der Waals surface area contributed by atoms with Crippen molar-refractivity contribution in [3.63, 3.8) is 0 Å². The molecule has 0 spiro atoms. The van der Waals surface area contributed by atoms with Gasteiger partial charge in [0.25, 0.3) is 10.0 Å². The van der Waals surface area contributed by atoms with Crippen molar-refractivity contribution >= 4 is 39.1 Å². The van der Waals surface area contributed by atoms with Crippen LogP contribution in [0.4, 0.5) is 5.69 Å². The number of benzene rings is 4. The van der Waals surface area contributed by atoms with E-state index in [1.54, 1.807) is 61.7 Å². The zero-order chi connectivity index (χ0) is 32.4. The van der Waals surface area contributed by atoms with Gasteiger partial charge in [-0.25, -0.2) is 8.42 Å². The maximum absolute atomic E-state index is 14.5. The molecule has 8 nitrogen and oxygen atoms in total. The molecular formula is C35H38ClN3O5S. The fourth-order valence-corrected chi connectivity index (χ4v) is 6.45. The molecule has 0 saturated heterocycles. The minimum atomic E-state index is -4.20. The highest BCUT2D eigenvalue weighted by atomic mass is 35.5. The smallest absolute Gasteiger partial charge is 0.264 e. The number of sulfonamides is 1. The van der Waals surface area contributed by atoms with Crippen LogP contribution < -0.4 is 14.4 Å². The molecule has 1 N–H and O–H groups in total. The number of hydrogen-bond donors (Lipinski definition) is 1. The van der Waals surface area contributed by atoms with Crippen LogP contribution in [0.15, 0.2) is 114 Å². The van der Waals surface area contributed by atoms with E-state index in [9.17, 15) is 18.0 Å². The number of amides is 2. The SMILES string of the molecule is CC[C@@H](C)NC(=O)[C@@H](Cc1ccccc1)N(Cc1cccc(OC)c1)C(=O)CN(c1cccc(Cl)c1)S(=O)(=O)c1ccccc1. The molecule has 0 aliphatic rings. The van der Waals surface area contributed by atoms with Crippen molar-refractivity contribution in [2.45, 2.75) is 50.2 Å². The Kier molecular flexibility index (Phi) is 11.6. The van der Waals surface area contributed by atoms with Crippen LogP contribution in [-0.2, 0) is 32.6 Å². The van der Waals surface area contributed by atoms with Gasteiger partial charge in [0.1, 0.15) is 18.3 Å². The zero-order valence-corrected chi connectivity index (χ0v) is 27.2. The molecular weight excluding hydrogens is 610 g/mol. The molecule has 45 heavy (non-hydrogen) atoms. The molecule has 2 atom stereocenters. The Bertz CT molecular complexity index is 1690. The largest absolute Gasteiger partial charge is 0.497 e. The number of carbonyl (C=O) groups is 2. The van der Waals surface area contributed by atoms with Gasteiger partial charge in [-0.2, -0.15) is 0 Å². The summed E-state index contributed by atoms with van der Waals surface area (Å²) < 4.78 is 34.5. The Morgan fingerprint density at radius 1 is 0.867 bits per heavy atom. The lowest BCUT2D eigenvalue weighted by Crippen LogP contribution is -2.54. The lowest BCUT2D eigenvalue weighted by molar-refractivity contribution is -0.140. The predicted molar refractivity (Wildman–Crippen MR) is 178 cm³/mol. The summed E-state index contributed by atoms with van der Waals surface area (Å²) in [5.41, 5.74) is 1.80. The van der Waals surface area contributed by atoms with Crippen molar-refractivity contribution in [3.05, 3.63) is 125 Å². The van der Waals surface area contributed by atoms with E-state index in [2.05, 4.69) is 5.32 Å². The van der Waals surface area contributed by atoms with Crippen molar-refractivity contribution in [1.29, 1.82) is 0 Å². The summed E-state index contributed by atoms with van der Waals surface area (Å²) in [4.78, 5) is 29.9. The minimum Gasteiger partial charge on any atom is -0.497 e. The van der Waals surface area contributed by atoms with Crippen LogP contribution in [0, 0.1) is 0 Å². The lowest BCUT2D eigenvalue weighted by Gasteiger charge is -2.34. The van der Waals surface area contributed by atoms with E-state index in [0.29, 0.717) is 17.2 Å². The Morgan fingerprint density at radius 2 is 1.51 bits per heavy atom.